The van der Waals surface area contributed by atoms with Gasteiger partial charge in [0.05, 0.1) is 19.2 Å². The number of pyridine rings is 1. The summed E-state index contributed by atoms with van der Waals surface area (Å²) in [6, 6.07) is 13.2. The van der Waals surface area contributed by atoms with Crippen molar-refractivity contribution in [2.24, 2.45) is 0 Å². The molecule has 126 valence electrons. The summed E-state index contributed by atoms with van der Waals surface area (Å²) in [7, 11) is 0. The second kappa shape index (κ2) is 7.31. The largest absolute Gasteiger partial charge is 0.445 e. The van der Waals surface area contributed by atoms with Gasteiger partial charge in [0.25, 0.3) is 0 Å². The van der Waals surface area contributed by atoms with Crippen molar-refractivity contribution in [3.63, 3.8) is 0 Å². The molecular formula is C18H21N3O3. The number of nitrogen functional groups attached to an aromatic ring is 1. The number of nitrogens with two attached hydrogens (primary N) is 1. The predicted octanol–water partition coefficient (Wildman–Crippen LogP) is 2.76. The lowest BCUT2D eigenvalue weighted by atomic mass is 10.1. The van der Waals surface area contributed by atoms with Crippen LogP contribution in [0.1, 0.15) is 24.2 Å². The van der Waals surface area contributed by atoms with Crippen molar-refractivity contribution in [1.29, 1.82) is 0 Å². The number of carbonyl (C=O) groups is 1. The van der Waals surface area contributed by atoms with Gasteiger partial charge in [0.1, 0.15) is 18.5 Å². The van der Waals surface area contributed by atoms with Crippen LogP contribution < -0.4 is 5.73 Å². The fraction of sp³-hybridized carbons (Fsp3) is 0.333. The number of carbonyl (C=O) groups excluding carboxylic acids is 1. The SMILES string of the molecule is C[C@H]1CO[C@@H](c2ccc(N)nc2)CN1C(=O)OCc1ccccc1. The summed E-state index contributed by atoms with van der Waals surface area (Å²) in [5, 5.41) is 0. The molecule has 2 aromatic rings. The first-order valence-corrected chi connectivity index (χ1v) is 7.94. The van der Waals surface area contributed by atoms with Gasteiger partial charge in [-0.25, -0.2) is 9.78 Å². The van der Waals surface area contributed by atoms with Crippen molar-refractivity contribution < 1.29 is 14.3 Å². The topological polar surface area (TPSA) is 77.7 Å². The maximum Gasteiger partial charge on any atom is 0.410 e. The number of hydrogen-bond acceptors (Lipinski definition) is 5. The number of nitrogens with zero attached hydrogens (tertiary/aromatic N) is 2. The van der Waals surface area contributed by atoms with E-state index in [0.717, 1.165) is 11.1 Å². The highest BCUT2D eigenvalue weighted by molar-refractivity contribution is 5.68. The summed E-state index contributed by atoms with van der Waals surface area (Å²) < 4.78 is 11.3. The lowest BCUT2D eigenvalue weighted by molar-refractivity contribution is -0.0562. The van der Waals surface area contributed by atoms with Gasteiger partial charge in [-0.2, -0.15) is 0 Å². The molecule has 0 bridgehead atoms. The van der Waals surface area contributed by atoms with Crippen LogP contribution in [0.5, 0.6) is 0 Å². The Morgan fingerprint density at radius 1 is 1.33 bits per heavy atom. The van der Waals surface area contributed by atoms with Crippen molar-refractivity contribution in [2.75, 3.05) is 18.9 Å². The number of anilines is 1. The maximum absolute atomic E-state index is 12.4. The average Bonchev–Trinajstić information content (AvgIpc) is 2.62. The highest BCUT2D eigenvalue weighted by atomic mass is 16.6. The minimum absolute atomic E-state index is 0.0359. The second-order valence-corrected chi connectivity index (χ2v) is 5.88. The number of rotatable bonds is 3. The van der Waals surface area contributed by atoms with Gasteiger partial charge >= 0.3 is 6.09 Å². The third-order valence-electron chi connectivity index (χ3n) is 4.05. The standard InChI is InChI=1S/C18H21N3O3/c1-13-11-23-16(15-7-8-17(19)20-9-15)10-21(13)18(22)24-12-14-5-3-2-4-6-14/h2-9,13,16H,10-12H2,1H3,(H2,19,20)/t13-,16+/m0/s1. The molecule has 2 heterocycles. The van der Waals surface area contributed by atoms with Crippen LogP contribution in [-0.2, 0) is 16.1 Å². The Morgan fingerprint density at radius 2 is 2.12 bits per heavy atom. The Kier molecular flexibility index (Phi) is 4.96. The van der Waals surface area contributed by atoms with Gasteiger partial charge in [0.15, 0.2) is 0 Å². The lowest BCUT2D eigenvalue weighted by Gasteiger charge is -2.37. The molecule has 0 saturated carbocycles. The van der Waals surface area contributed by atoms with E-state index in [0.29, 0.717) is 19.0 Å². The van der Waals surface area contributed by atoms with Crippen LogP contribution in [-0.4, -0.2) is 35.2 Å². The van der Waals surface area contributed by atoms with E-state index in [1.807, 2.05) is 43.3 Å². The van der Waals surface area contributed by atoms with Gasteiger partial charge in [-0.1, -0.05) is 36.4 Å². The number of aromatic nitrogens is 1. The Bertz CT molecular complexity index is 676. The zero-order valence-electron chi connectivity index (χ0n) is 13.6. The van der Waals surface area contributed by atoms with Gasteiger partial charge in [0.2, 0.25) is 0 Å². The molecule has 1 saturated heterocycles. The van der Waals surface area contributed by atoms with E-state index >= 15 is 0 Å². The van der Waals surface area contributed by atoms with Crippen LogP contribution in [0.4, 0.5) is 10.6 Å². The summed E-state index contributed by atoms with van der Waals surface area (Å²) >= 11 is 0. The molecule has 3 rings (SSSR count). The lowest BCUT2D eigenvalue weighted by Crippen LogP contribution is -2.48. The minimum atomic E-state index is -0.331. The van der Waals surface area contributed by atoms with Crippen LogP contribution in [0.2, 0.25) is 0 Å². The van der Waals surface area contributed by atoms with Gasteiger partial charge in [-0.15, -0.1) is 0 Å². The Labute approximate surface area is 141 Å². The number of hydrogen-bond donors (Lipinski definition) is 1. The van der Waals surface area contributed by atoms with E-state index in [4.69, 9.17) is 15.2 Å². The molecule has 2 N–H and O–H groups in total. The fourth-order valence-electron chi connectivity index (χ4n) is 2.62. The predicted molar refractivity (Wildman–Crippen MR) is 90.1 cm³/mol. The highest BCUT2D eigenvalue weighted by Crippen LogP contribution is 2.25. The molecule has 0 aliphatic carbocycles. The Hall–Kier alpha value is -2.60. The summed E-state index contributed by atoms with van der Waals surface area (Å²) in [6.45, 7) is 3.09. The number of amides is 1. The van der Waals surface area contributed by atoms with Crippen molar-refractivity contribution in [2.45, 2.75) is 25.7 Å². The number of ether oxygens (including phenoxy) is 2. The summed E-state index contributed by atoms with van der Waals surface area (Å²) in [6.07, 6.45) is 1.13. The van der Waals surface area contributed by atoms with Crippen molar-refractivity contribution in [3.05, 3.63) is 59.8 Å². The average molecular weight is 327 g/mol. The maximum atomic E-state index is 12.4. The Balaban J connectivity index is 1.62. The molecule has 1 aromatic heterocycles. The Morgan fingerprint density at radius 3 is 2.83 bits per heavy atom. The molecule has 6 nitrogen and oxygen atoms in total. The molecule has 0 spiro atoms. The fourth-order valence-corrected chi connectivity index (χ4v) is 2.62. The first-order valence-electron chi connectivity index (χ1n) is 7.94. The van der Waals surface area contributed by atoms with E-state index in [1.54, 1.807) is 17.2 Å². The van der Waals surface area contributed by atoms with Crippen LogP contribution in [0.3, 0.4) is 0 Å². The zero-order chi connectivity index (χ0) is 16.9. The first kappa shape index (κ1) is 16.3. The number of morpholine rings is 1. The second-order valence-electron chi connectivity index (χ2n) is 5.88. The van der Waals surface area contributed by atoms with Crippen molar-refractivity contribution >= 4 is 11.9 Å². The van der Waals surface area contributed by atoms with Gasteiger partial charge < -0.3 is 20.1 Å². The van der Waals surface area contributed by atoms with Gasteiger partial charge in [0, 0.05) is 11.8 Å². The van der Waals surface area contributed by atoms with Crippen molar-refractivity contribution in [3.8, 4) is 0 Å². The van der Waals surface area contributed by atoms with Gasteiger partial charge in [-0.3, -0.25) is 0 Å². The van der Waals surface area contributed by atoms with E-state index in [9.17, 15) is 4.79 Å². The third-order valence-corrected chi connectivity index (χ3v) is 4.05. The molecule has 0 radical (unpaired) electrons. The van der Waals surface area contributed by atoms with E-state index in [1.165, 1.54) is 0 Å². The number of benzene rings is 1. The van der Waals surface area contributed by atoms with Crippen LogP contribution in [0.15, 0.2) is 48.7 Å². The van der Waals surface area contributed by atoms with Crippen molar-refractivity contribution in [1.82, 2.24) is 9.88 Å². The summed E-state index contributed by atoms with van der Waals surface area (Å²) in [5.41, 5.74) is 7.48. The third kappa shape index (κ3) is 3.83. The van der Waals surface area contributed by atoms with Crippen LogP contribution in [0.25, 0.3) is 0 Å². The molecular weight excluding hydrogens is 306 g/mol. The molecule has 1 amide bonds. The molecule has 0 unspecified atom stereocenters. The summed E-state index contributed by atoms with van der Waals surface area (Å²) in [5.74, 6) is 0.460. The molecule has 1 aliphatic rings. The monoisotopic (exact) mass is 327 g/mol. The van der Waals surface area contributed by atoms with Crippen LogP contribution in [0, 0.1) is 0 Å². The molecule has 2 atom stereocenters. The van der Waals surface area contributed by atoms with Crippen LogP contribution >= 0.6 is 0 Å². The molecule has 1 fully saturated rings. The van der Waals surface area contributed by atoms with E-state index < -0.39 is 0 Å². The molecule has 24 heavy (non-hydrogen) atoms. The highest BCUT2D eigenvalue weighted by Gasteiger charge is 2.31. The minimum Gasteiger partial charge on any atom is -0.445 e. The molecule has 6 heteroatoms. The molecule has 1 aromatic carbocycles. The molecule has 1 aliphatic heterocycles. The summed E-state index contributed by atoms with van der Waals surface area (Å²) in [4.78, 5) is 18.2. The van der Waals surface area contributed by atoms with E-state index in [2.05, 4.69) is 4.98 Å². The van der Waals surface area contributed by atoms with E-state index in [-0.39, 0.29) is 24.8 Å². The normalized spacial score (nSPS) is 20.6. The zero-order valence-corrected chi connectivity index (χ0v) is 13.6. The first-order chi connectivity index (χ1) is 11.6. The smallest absolute Gasteiger partial charge is 0.410 e. The van der Waals surface area contributed by atoms with Gasteiger partial charge in [-0.05, 0) is 18.6 Å². The quantitative estimate of drug-likeness (QED) is 0.938.